The van der Waals surface area contributed by atoms with E-state index < -0.39 is 0 Å². The lowest BCUT2D eigenvalue weighted by atomic mass is 10.2. The van der Waals surface area contributed by atoms with Gasteiger partial charge < -0.3 is 20.3 Å². The van der Waals surface area contributed by atoms with Crippen LogP contribution in [0.2, 0.25) is 0 Å². The molecule has 0 aliphatic rings. The fourth-order valence-electron chi connectivity index (χ4n) is 2.83. The minimum absolute atomic E-state index is 0.597. The number of ether oxygens (including phenoxy) is 1. The lowest BCUT2D eigenvalue weighted by Crippen LogP contribution is -2.17. The lowest BCUT2D eigenvalue weighted by molar-refractivity contribution is 0.405. The topological polar surface area (TPSA) is 75.2 Å². The monoisotopic (exact) mass is 392 g/mol. The van der Waals surface area contributed by atoms with E-state index in [0.717, 1.165) is 48.0 Å². The average Bonchev–Trinajstić information content (AvgIpc) is 2.76. The molecule has 3 aromatic rings. The molecule has 2 heterocycles. The molecule has 0 amide bonds. The van der Waals surface area contributed by atoms with Gasteiger partial charge in [0.2, 0.25) is 5.95 Å². The van der Waals surface area contributed by atoms with Gasteiger partial charge in [-0.1, -0.05) is 18.2 Å². The first-order valence-corrected chi connectivity index (χ1v) is 9.70. The molecule has 0 radical (unpaired) electrons. The Morgan fingerprint density at radius 1 is 0.966 bits per heavy atom. The average molecular weight is 393 g/mol. The highest BCUT2D eigenvalue weighted by atomic mass is 16.5. The number of aromatic nitrogens is 3. The number of anilines is 2. The molecule has 2 N–H and O–H groups in total. The molecule has 29 heavy (non-hydrogen) atoms. The van der Waals surface area contributed by atoms with Gasteiger partial charge in [0.25, 0.3) is 0 Å². The Morgan fingerprint density at radius 2 is 1.86 bits per heavy atom. The number of nitrogens with zero attached hydrogens (tertiary/aromatic N) is 4. The van der Waals surface area contributed by atoms with Gasteiger partial charge in [0, 0.05) is 25.4 Å². The predicted molar refractivity (Wildman–Crippen MR) is 117 cm³/mol. The molecule has 0 spiro atoms. The first-order valence-electron chi connectivity index (χ1n) is 9.70. The number of pyridine rings is 1. The van der Waals surface area contributed by atoms with E-state index in [-0.39, 0.29) is 0 Å². The summed E-state index contributed by atoms with van der Waals surface area (Å²) in [4.78, 5) is 15.9. The molecule has 0 aliphatic carbocycles. The molecule has 152 valence electrons. The highest BCUT2D eigenvalue weighted by Crippen LogP contribution is 2.20. The minimum Gasteiger partial charge on any atom is -0.497 e. The molecular weight excluding hydrogens is 364 g/mol. The Labute approximate surface area is 172 Å². The minimum atomic E-state index is 0.597. The van der Waals surface area contributed by atoms with Crippen molar-refractivity contribution in [2.75, 3.05) is 44.9 Å². The predicted octanol–water partition coefficient (Wildman–Crippen LogP) is 3.52. The highest BCUT2D eigenvalue weighted by Gasteiger charge is 2.08. The molecule has 3 rings (SSSR count). The Balaban J connectivity index is 1.76. The molecule has 0 aliphatic heterocycles. The second kappa shape index (κ2) is 10.4. The van der Waals surface area contributed by atoms with E-state index in [0.29, 0.717) is 12.5 Å². The van der Waals surface area contributed by atoms with E-state index in [1.54, 1.807) is 13.3 Å². The molecule has 0 saturated carbocycles. The summed E-state index contributed by atoms with van der Waals surface area (Å²) in [6.07, 6.45) is 2.78. The van der Waals surface area contributed by atoms with Crippen molar-refractivity contribution in [2.45, 2.75) is 13.0 Å². The van der Waals surface area contributed by atoms with Crippen molar-refractivity contribution >= 4 is 11.8 Å². The summed E-state index contributed by atoms with van der Waals surface area (Å²) >= 11 is 0. The maximum absolute atomic E-state index is 5.30. The zero-order chi connectivity index (χ0) is 20.5. The van der Waals surface area contributed by atoms with Crippen molar-refractivity contribution in [3.8, 4) is 17.1 Å². The first kappa shape index (κ1) is 20.5. The molecule has 7 heteroatoms. The third kappa shape index (κ3) is 6.43. The van der Waals surface area contributed by atoms with Gasteiger partial charge in [-0.25, -0.2) is 4.98 Å². The second-order valence-corrected chi connectivity index (χ2v) is 6.97. The zero-order valence-electron chi connectivity index (χ0n) is 17.2. The normalized spacial score (nSPS) is 10.8. The fraction of sp³-hybridized carbons (Fsp3) is 0.318. The summed E-state index contributed by atoms with van der Waals surface area (Å²) in [6, 6.07) is 15.7. The first-order chi connectivity index (χ1) is 14.1. The fourth-order valence-corrected chi connectivity index (χ4v) is 2.83. The Bertz CT molecular complexity index is 901. The zero-order valence-corrected chi connectivity index (χ0v) is 17.2. The molecule has 0 saturated heterocycles. The Kier molecular flexibility index (Phi) is 7.35. The maximum Gasteiger partial charge on any atom is 0.225 e. The van der Waals surface area contributed by atoms with E-state index in [4.69, 9.17) is 4.74 Å². The summed E-state index contributed by atoms with van der Waals surface area (Å²) in [6.45, 7) is 2.45. The van der Waals surface area contributed by atoms with E-state index in [1.165, 1.54) is 0 Å². The van der Waals surface area contributed by atoms with Crippen LogP contribution in [-0.2, 0) is 6.54 Å². The van der Waals surface area contributed by atoms with Crippen LogP contribution in [0.1, 0.15) is 12.0 Å². The van der Waals surface area contributed by atoms with Gasteiger partial charge in [-0.05, 0) is 56.9 Å². The maximum atomic E-state index is 5.30. The third-order valence-electron chi connectivity index (χ3n) is 4.33. The van der Waals surface area contributed by atoms with Crippen LogP contribution in [0.25, 0.3) is 11.4 Å². The van der Waals surface area contributed by atoms with Gasteiger partial charge in [-0.3, -0.25) is 4.98 Å². The van der Waals surface area contributed by atoms with Crippen LogP contribution in [0.15, 0.2) is 54.7 Å². The van der Waals surface area contributed by atoms with Crippen LogP contribution in [0, 0.1) is 0 Å². The number of rotatable bonds is 10. The van der Waals surface area contributed by atoms with Gasteiger partial charge in [-0.2, -0.15) is 4.98 Å². The molecule has 7 nitrogen and oxygen atoms in total. The SMILES string of the molecule is COc1cccc(CNc2cc(-c3ccccn3)nc(NCCCN(C)C)n2)c1. The number of nitrogens with one attached hydrogen (secondary N) is 2. The molecule has 0 bridgehead atoms. The standard InChI is InChI=1S/C22H28N6O/c1-28(2)13-7-12-24-22-26-20(19-10-4-5-11-23-19)15-21(27-22)25-16-17-8-6-9-18(14-17)29-3/h4-6,8-11,14-15H,7,12-13,16H2,1-3H3,(H2,24,25,26,27). The summed E-state index contributed by atoms with van der Waals surface area (Å²) in [5, 5.41) is 6.72. The number of hydrogen-bond donors (Lipinski definition) is 2. The van der Waals surface area contributed by atoms with Crippen LogP contribution in [-0.4, -0.2) is 54.1 Å². The van der Waals surface area contributed by atoms with Crippen molar-refractivity contribution in [1.29, 1.82) is 0 Å². The van der Waals surface area contributed by atoms with Crippen LogP contribution < -0.4 is 15.4 Å². The summed E-state index contributed by atoms with van der Waals surface area (Å²) < 4.78 is 5.30. The summed E-state index contributed by atoms with van der Waals surface area (Å²) in [5.41, 5.74) is 2.71. The quantitative estimate of drug-likeness (QED) is 0.511. The molecular formula is C22H28N6O. The van der Waals surface area contributed by atoms with Crippen molar-refractivity contribution in [1.82, 2.24) is 19.9 Å². The van der Waals surface area contributed by atoms with Gasteiger partial charge in [0.05, 0.1) is 18.5 Å². The van der Waals surface area contributed by atoms with E-state index in [1.807, 2.05) is 42.5 Å². The molecule has 0 atom stereocenters. The van der Waals surface area contributed by atoms with Gasteiger partial charge in [0.1, 0.15) is 11.6 Å². The Hall–Kier alpha value is -3.19. The van der Waals surface area contributed by atoms with Crippen molar-refractivity contribution in [3.63, 3.8) is 0 Å². The second-order valence-electron chi connectivity index (χ2n) is 6.97. The Morgan fingerprint density at radius 3 is 2.62 bits per heavy atom. The highest BCUT2D eigenvalue weighted by molar-refractivity contribution is 5.61. The molecule has 0 unspecified atom stereocenters. The number of benzene rings is 1. The number of methoxy groups -OCH3 is 1. The van der Waals surface area contributed by atoms with Crippen LogP contribution in [0.4, 0.5) is 11.8 Å². The van der Waals surface area contributed by atoms with E-state index in [9.17, 15) is 0 Å². The van der Waals surface area contributed by atoms with E-state index >= 15 is 0 Å². The summed E-state index contributed by atoms with van der Waals surface area (Å²) in [7, 11) is 5.81. The van der Waals surface area contributed by atoms with Gasteiger partial charge in [0.15, 0.2) is 0 Å². The van der Waals surface area contributed by atoms with Crippen molar-refractivity contribution in [2.24, 2.45) is 0 Å². The van der Waals surface area contributed by atoms with E-state index in [2.05, 4.69) is 50.6 Å². The molecule has 2 aromatic heterocycles. The summed E-state index contributed by atoms with van der Waals surface area (Å²) in [5.74, 6) is 2.18. The largest absolute Gasteiger partial charge is 0.497 e. The smallest absolute Gasteiger partial charge is 0.225 e. The van der Waals surface area contributed by atoms with Crippen LogP contribution in [0.5, 0.6) is 5.75 Å². The molecule has 0 fully saturated rings. The van der Waals surface area contributed by atoms with Crippen LogP contribution in [0.3, 0.4) is 0 Å². The van der Waals surface area contributed by atoms with Crippen LogP contribution >= 0.6 is 0 Å². The van der Waals surface area contributed by atoms with Gasteiger partial charge in [-0.15, -0.1) is 0 Å². The van der Waals surface area contributed by atoms with Crippen molar-refractivity contribution < 1.29 is 4.74 Å². The van der Waals surface area contributed by atoms with Crippen molar-refractivity contribution in [3.05, 3.63) is 60.3 Å². The molecule has 1 aromatic carbocycles. The third-order valence-corrected chi connectivity index (χ3v) is 4.33. The lowest BCUT2D eigenvalue weighted by Gasteiger charge is -2.13. The number of hydrogen-bond acceptors (Lipinski definition) is 7. The van der Waals surface area contributed by atoms with Gasteiger partial charge >= 0.3 is 0 Å².